The summed E-state index contributed by atoms with van der Waals surface area (Å²) >= 11 is 0. The Balaban J connectivity index is 1.35. The summed E-state index contributed by atoms with van der Waals surface area (Å²) in [7, 11) is 0. The van der Waals surface area contributed by atoms with Gasteiger partial charge in [0, 0.05) is 39.3 Å². The fourth-order valence-corrected chi connectivity index (χ4v) is 4.89. The summed E-state index contributed by atoms with van der Waals surface area (Å²) in [6.45, 7) is 5.77. The van der Waals surface area contributed by atoms with Crippen molar-refractivity contribution in [2.75, 3.05) is 54.8 Å². The van der Waals surface area contributed by atoms with Crippen molar-refractivity contribution in [3.63, 3.8) is 0 Å². The Morgan fingerprint density at radius 1 is 0.645 bits per heavy atom. The summed E-state index contributed by atoms with van der Waals surface area (Å²) in [4.78, 5) is 16.2. The van der Waals surface area contributed by atoms with Crippen molar-refractivity contribution >= 4 is 17.3 Å². The second kappa shape index (κ2) is 8.94. The van der Waals surface area contributed by atoms with Crippen LogP contribution in [-0.4, -0.2) is 54.1 Å². The van der Waals surface area contributed by atoms with Crippen molar-refractivity contribution < 1.29 is 0 Å². The molecule has 1 aromatic heterocycles. The number of anilines is 3. The molecule has 0 spiro atoms. The summed E-state index contributed by atoms with van der Waals surface area (Å²) in [5.41, 5.74) is 9.94. The van der Waals surface area contributed by atoms with Gasteiger partial charge in [-0.05, 0) is 24.0 Å². The lowest BCUT2D eigenvalue weighted by Crippen LogP contribution is -2.48. The first kappa shape index (κ1) is 19.8. The highest BCUT2D eigenvalue weighted by atomic mass is 15.3. The molecule has 160 valence electrons. The Labute approximate surface area is 184 Å². The lowest BCUT2D eigenvalue weighted by molar-refractivity contribution is 0.212. The van der Waals surface area contributed by atoms with Gasteiger partial charge in [-0.25, -0.2) is 9.97 Å². The Morgan fingerprint density at radius 3 is 1.65 bits per heavy atom. The minimum absolute atomic E-state index is 0.257. The van der Waals surface area contributed by atoms with Crippen LogP contribution < -0.4 is 15.5 Å². The van der Waals surface area contributed by atoms with E-state index in [1.54, 1.807) is 6.33 Å². The zero-order valence-corrected chi connectivity index (χ0v) is 17.9. The molecule has 31 heavy (non-hydrogen) atoms. The van der Waals surface area contributed by atoms with Crippen molar-refractivity contribution in [3.05, 3.63) is 78.1 Å². The predicted octanol–water partition coefficient (Wildman–Crippen LogP) is 3.57. The number of hydrogen-bond donors (Lipinski definition) is 1. The van der Waals surface area contributed by atoms with Crippen molar-refractivity contribution in [1.82, 2.24) is 14.9 Å². The molecule has 2 aliphatic heterocycles. The largest absolute Gasteiger partial charge is 0.393 e. The average Bonchev–Trinajstić information content (AvgIpc) is 3.36. The van der Waals surface area contributed by atoms with Crippen LogP contribution >= 0.6 is 0 Å². The first-order chi connectivity index (χ1) is 15.3. The molecule has 2 aromatic carbocycles. The van der Waals surface area contributed by atoms with Crippen molar-refractivity contribution in [2.24, 2.45) is 0 Å². The van der Waals surface area contributed by atoms with Crippen LogP contribution in [0.2, 0.25) is 0 Å². The van der Waals surface area contributed by atoms with Gasteiger partial charge in [0.15, 0.2) is 11.6 Å². The minimum Gasteiger partial charge on any atom is -0.393 e. The van der Waals surface area contributed by atoms with Gasteiger partial charge in [0.1, 0.15) is 12.0 Å². The number of nitrogens with two attached hydrogens (primary N) is 1. The van der Waals surface area contributed by atoms with Crippen LogP contribution in [0.4, 0.5) is 17.3 Å². The molecule has 0 amide bonds. The molecule has 6 nitrogen and oxygen atoms in total. The number of nitrogen functional groups attached to an aromatic ring is 1. The number of aromatic nitrogens is 2. The van der Waals surface area contributed by atoms with Gasteiger partial charge in [-0.1, -0.05) is 60.7 Å². The monoisotopic (exact) mass is 414 g/mol. The Kier molecular flexibility index (Phi) is 5.71. The maximum absolute atomic E-state index is 6.55. The average molecular weight is 415 g/mol. The summed E-state index contributed by atoms with van der Waals surface area (Å²) in [6.07, 6.45) is 4.08. The third-order valence-electron chi connectivity index (χ3n) is 6.46. The van der Waals surface area contributed by atoms with E-state index in [0.717, 1.165) is 56.6 Å². The van der Waals surface area contributed by atoms with E-state index >= 15 is 0 Å². The van der Waals surface area contributed by atoms with Gasteiger partial charge in [-0.15, -0.1) is 0 Å². The molecule has 2 N–H and O–H groups in total. The van der Waals surface area contributed by atoms with Crippen LogP contribution in [0.5, 0.6) is 0 Å². The first-order valence-corrected chi connectivity index (χ1v) is 11.3. The number of piperazine rings is 1. The summed E-state index contributed by atoms with van der Waals surface area (Å²) in [5.74, 6) is 1.78. The van der Waals surface area contributed by atoms with Crippen molar-refractivity contribution in [3.8, 4) is 0 Å². The zero-order valence-electron chi connectivity index (χ0n) is 17.9. The fraction of sp³-hybridized carbons (Fsp3) is 0.360. The normalized spacial score (nSPS) is 17.5. The van der Waals surface area contributed by atoms with E-state index in [1.165, 1.54) is 24.0 Å². The van der Waals surface area contributed by atoms with Crippen LogP contribution in [-0.2, 0) is 0 Å². The molecular weight excluding hydrogens is 384 g/mol. The van der Waals surface area contributed by atoms with Gasteiger partial charge in [0.25, 0.3) is 0 Å². The van der Waals surface area contributed by atoms with E-state index in [-0.39, 0.29) is 6.04 Å². The summed E-state index contributed by atoms with van der Waals surface area (Å²) in [5, 5.41) is 0. The Morgan fingerprint density at radius 2 is 1.13 bits per heavy atom. The lowest BCUT2D eigenvalue weighted by Gasteiger charge is -2.40. The maximum atomic E-state index is 6.55. The molecule has 5 rings (SSSR count). The van der Waals surface area contributed by atoms with Crippen molar-refractivity contribution in [2.45, 2.75) is 18.9 Å². The highest BCUT2D eigenvalue weighted by Crippen LogP contribution is 2.33. The van der Waals surface area contributed by atoms with E-state index in [9.17, 15) is 0 Å². The third-order valence-corrected chi connectivity index (χ3v) is 6.46. The van der Waals surface area contributed by atoms with Gasteiger partial charge in [0.05, 0.1) is 6.04 Å². The van der Waals surface area contributed by atoms with Gasteiger partial charge < -0.3 is 15.5 Å². The fourth-order valence-electron chi connectivity index (χ4n) is 4.89. The SMILES string of the molecule is Nc1c(N2CCCC2)ncnc1N1CCN(C(c2ccccc2)c2ccccc2)CC1. The molecule has 0 saturated carbocycles. The molecular formula is C25H30N6. The zero-order chi connectivity index (χ0) is 21.0. The minimum atomic E-state index is 0.257. The van der Waals surface area contributed by atoms with Crippen LogP contribution in [0.25, 0.3) is 0 Å². The Hall–Kier alpha value is -3.12. The highest BCUT2D eigenvalue weighted by molar-refractivity contribution is 5.76. The van der Waals surface area contributed by atoms with Gasteiger partial charge in [-0.3, -0.25) is 4.90 Å². The second-order valence-corrected chi connectivity index (χ2v) is 8.38. The number of benzene rings is 2. The third kappa shape index (κ3) is 4.08. The van der Waals surface area contributed by atoms with E-state index in [0.29, 0.717) is 0 Å². The van der Waals surface area contributed by atoms with E-state index < -0.39 is 0 Å². The molecule has 3 aromatic rings. The van der Waals surface area contributed by atoms with E-state index in [1.807, 2.05) is 0 Å². The number of rotatable bonds is 5. The summed E-state index contributed by atoms with van der Waals surface area (Å²) < 4.78 is 0. The summed E-state index contributed by atoms with van der Waals surface area (Å²) in [6, 6.07) is 21.9. The first-order valence-electron chi connectivity index (χ1n) is 11.3. The predicted molar refractivity (Wildman–Crippen MR) is 126 cm³/mol. The number of nitrogens with zero attached hydrogens (tertiary/aromatic N) is 5. The molecule has 2 fully saturated rings. The molecule has 0 aliphatic carbocycles. The van der Waals surface area contributed by atoms with Gasteiger partial charge >= 0.3 is 0 Å². The maximum Gasteiger partial charge on any atom is 0.157 e. The quantitative estimate of drug-likeness (QED) is 0.689. The standard InChI is InChI=1S/C25H30N6/c26-22-24(30-13-7-8-14-30)27-19-28-25(22)31-17-15-29(16-18-31)23(20-9-3-1-4-10-20)21-11-5-2-6-12-21/h1-6,9-12,19,23H,7-8,13-18,26H2. The molecule has 0 radical (unpaired) electrons. The highest BCUT2D eigenvalue weighted by Gasteiger charge is 2.28. The second-order valence-electron chi connectivity index (χ2n) is 8.38. The topological polar surface area (TPSA) is 61.5 Å². The van der Waals surface area contributed by atoms with E-state index in [4.69, 9.17) is 5.73 Å². The molecule has 6 heteroatoms. The number of hydrogen-bond acceptors (Lipinski definition) is 6. The molecule has 0 bridgehead atoms. The molecule has 0 unspecified atom stereocenters. The molecule has 3 heterocycles. The molecule has 2 saturated heterocycles. The van der Waals surface area contributed by atoms with Crippen LogP contribution in [0.3, 0.4) is 0 Å². The van der Waals surface area contributed by atoms with Crippen LogP contribution in [0.15, 0.2) is 67.0 Å². The van der Waals surface area contributed by atoms with E-state index in [2.05, 4.69) is 85.3 Å². The van der Waals surface area contributed by atoms with Crippen molar-refractivity contribution in [1.29, 1.82) is 0 Å². The Bertz CT molecular complexity index is 940. The smallest absolute Gasteiger partial charge is 0.157 e. The van der Waals surface area contributed by atoms with Crippen LogP contribution in [0, 0.1) is 0 Å². The van der Waals surface area contributed by atoms with Crippen LogP contribution in [0.1, 0.15) is 30.0 Å². The van der Waals surface area contributed by atoms with Gasteiger partial charge in [0.2, 0.25) is 0 Å². The molecule has 2 aliphatic rings. The molecule has 0 atom stereocenters. The lowest BCUT2D eigenvalue weighted by atomic mass is 9.96. The van der Waals surface area contributed by atoms with Gasteiger partial charge in [-0.2, -0.15) is 0 Å².